The first-order valence-corrected chi connectivity index (χ1v) is 6.41. The van der Waals surface area contributed by atoms with Gasteiger partial charge in [0.05, 0.1) is 5.69 Å². The molecule has 0 aliphatic heterocycles. The Labute approximate surface area is 110 Å². The van der Waals surface area contributed by atoms with Crippen LogP contribution in [0.2, 0.25) is 0 Å². The lowest BCUT2D eigenvalue weighted by molar-refractivity contribution is -0.125. The van der Waals surface area contributed by atoms with Gasteiger partial charge in [-0.3, -0.25) is 9.59 Å². The van der Waals surface area contributed by atoms with Crippen molar-refractivity contribution in [3.05, 3.63) is 28.7 Å². The maximum atomic E-state index is 11.8. The van der Waals surface area contributed by atoms with Crippen LogP contribution < -0.4 is 5.32 Å². The smallest absolute Gasteiger partial charge is 0.227 e. The van der Waals surface area contributed by atoms with Crippen LogP contribution in [-0.4, -0.2) is 11.7 Å². The van der Waals surface area contributed by atoms with Crippen molar-refractivity contribution in [1.82, 2.24) is 0 Å². The van der Waals surface area contributed by atoms with Crippen molar-refractivity contribution < 1.29 is 9.59 Å². The molecule has 0 fully saturated rings. The zero-order valence-corrected chi connectivity index (χ0v) is 11.6. The van der Waals surface area contributed by atoms with E-state index in [0.717, 1.165) is 10.2 Å². The third kappa shape index (κ3) is 4.30. The molecule has 1 atom stereocenters. The van der Waals surface area contributed by atoms with Gasteiger partial charge in [-0.25, -0.2) is 0 Å². The van der Waals surface area contributed by atoms with Crippen molar-refractivity contribution in [2.24, 2.45) is 5.92 Å². The molecule has 0 spiro atoms. The largest absolute Gasteiger partial charge is 0.325 e. The van der Waals surface area contributed by atoms with E-state index in [0.29, 0.717) is 12.8 Å². The quantitative estimate of drug-likeness (QED) is 0.905. The number of carbonyl (C=O) groups excluding carboxylic acids is 2. The van der Waals surface area contributed by atoms with Crippen molar-refractivity contribution >= 4 is 33.3 Å². The minimum absolute atomic E-state index is 0.111. The molecule has 1 amide bonds. The van der Waals surface area contributed by atoms with Gasteiger partial charge in [0, 0.05) is 23.2 Å². The highest BCUT2D eigenvalue weighted by Crippen LogP contribution is 2.22. The van der Waals surface area contributed by atoms with Crippen LogP contribution in [0, 0.1) is 5.92 Å². The first kappa shape index (κ1) is 13.9. The van der Waals surface area contributed by atoms with Gasteiger partial charge in [-0.1, -0.05) is 26.0 Å². The third-order valence-corrected chi connectivity index (χ3v) is 3.20. The van der Waals surface area contributed by atoms with E-state index in [4.69, 9.17) is 0 Å². The standard InChI is InChI=1S/C13H16BrNO2/c1-3-10(16)8-9(2)13(17)15-12-7-5-4-6-11(12)14/h4-7,9H,3,8H2,1-2H3,(H,15,17)/t9-/m0/s1. The molecule has 1 N–H and O–H groups in total. The van der Waals surface area contributed by atoms with Gasteiger partial charge in [0.1, 0.15) is 5.78 Å². The molecule has 92 valence electrons. The SMILES string of the molecule is CCC(=O)C[C@H](C)C(=O)Nc1ccccc1Br. The molecule has 0 heterocycles. The summed E-state index contributed by atoms with van der Waals surface area (Å²) in [6, 6.07) is 7.40. The Morgan fingerprint density at radius 1 is 1.35 bits per heavy atom. The maximum Gasteiger partial charge on any atom is 0.227 e. The van der Waals surface area contributed by atoms with Crippen molar-refractivity contribution in [3.63, 3.8) is 0 Å². The minimum atomic E-state index is -0.297. The number of hydrogen-bond acceptors (Lipinski definition) is 2. The summed E-state index contributed by atoms with van der Waals surface area (Å²) < 4.78 is 0.836. The first-order valence-electron chi connectivity index (χ1n) is 5.61. The average Bonchev–Trinajstić information content (AvgIpc) is 2.31. The summed E-state index contributed by atoms with van der Waals surface area (Å²) in [5, 5.41) is 2.80. The van der Waals surface area contributed by atoms with Crippen LogP contribution in [0.25, 0.3) is 0 Å². The molecule has 4 heteroatoms. The molecule has 0 aliphatic rings. The van der Waals surface area contributed by atoms with Gasteiger partial charge in [0.2, 0.25) is 5.91 Å². The molecule has 0 unspecified atom stereocenters. The van der Waals surface area contributed by atoms with Crippen LogP contribution >= 0.6 is 15.9 Å². The monoisotopic (exact) mass is 297 g/mol. The normalized spacial score (nSPS) is 11.9. The number of amides is 1. The lowest BCUT2D eigenvalue weighted by Crippen LogP contribution is -2.22. The number of ketones is 1. The number of nitrogens with one attached hydrogen (secondary N) is 1. The highest BCUT2D eigenvalue weighted by Gasteiger charge is 2.16. The van der Waals surface area contributed by atoms with Crippen LogP contribution in [0.1, 0.15) is 26.7 Å². The van der Waals surface area contributed by atoms with Crippen LogP contribution in [0.4, 0.5) is 5.69 Å². The van der Waals surface area contributed by atoms with Crippen LogP contribution in [0.15, 0.2) is 28.7 Å². The molecular formula is C13H16BrNO2. The minimum Gasteiger partial charge on any atom is -0.325 e. The Bertz CT molecular complexity index is 418. The fraction of sp³-hybridized carbons (Fsp3) is 0.385. The number of halogens is 1. The topological polar surface area (TPSA) is 46.2 Å². The first-order chi connectivity index (χ1) is 8.04. The molecule has 17 heavy (non-hydrogen) atoms. The van der Waals surface area contributed by atoms with Crippen LogP contribution in [0.3, 0.4) is 0 Å². The maximum absolute atomic E-state index is 11.8. The number of carbonyl (C=O) groups is 2. The Morgan fingerprint density at radius 2 is 2.00 bits per heavy atom. The highest BCUT2D eigenvalue weighted by atomic mass is 79.9. The second kappa shape index (κ2) is 6.55. The lowest BCUT2D eigenvalue weighted by atomic mass is 10.0. The zero-order valence-electron chi connectivity index (χ0n) is 10.00. The Hall–Kier alpha value is -1.16. The number of hydrogen-bond donors (Lipinski definition) is 1. The van der Waals surface area contributed by atoms with Crippen molar-refractivity contribution in [2.75, 3.05) is 5.32 Å². The van der Waals surface area contributed by atoms with Gasteiger partial charge in [-0.2, -0.15) is 0 Å². The molecular weight excluding hydrogens is 282 g/mol. The molecule has 0 bridgehead atoms. The van der Waals surface area contributed by atoms with Crippen LogP contribution in [0.5, 0.6) is 0 Å². The van der Waals surface area contributed by atoms with Crippen molar-refractivity contribution in [3.8, 4) is 0 Å². The molecule has 1 aromatic carbocycles. The Balaban J connectivity index is 2.60. The van der Waals surface area contributed by atoms with Gasteiger partial charge in [0.15, 0.2) is 0 Å². The number of Topliss-reactive ketones (excluding diaryl/α,β-unsaturated/α-hetero) is 1. The average molecular weight is 298 g/mol. The van der Waals surface area contributed by atoms with E-state index < -0.39 is 0 Å². The van der Waals surface area contributed by atoms with Crippen molar-refractivity contribution in [2.45, 2.75) is 26.7 Å². The molecule has 3 nitrogen and oxygen atoms in total. The van der Waals surface area contributed by atoms with Gasteiger partial charge in [-0.05, 0) is 28.1 Å². The van der Waals surface area contributed by atoms with Gasteiger partial charge in [-0.15, -0.1) is 0 Å². The van der Waals surface area contributed by atoms with Gasteiger partial charge >= 0.3 is 0 Å². The van der Waals surface area contributed by atoms with E-state index in [-0.39, 0.29) is 17.6 Å². The van der Waals surface area contributed by atoms with E-state index in [1.54, 1.807) is 13.8 Å². The fourth-order valence-corrected chi connectivity index (χ4v) is 1.78. The number of anilines is 1. The fourth-order valence-electron chi connectivity index (χ4n) is 1.40. The number of para-hydroxylation sites is 1. The van der Waals surface area contributed by atoms with E-state index in [2.05, 4.69) is 21.2 Å². The second-order valence-electron chi connectivity index (χ2n) is 3.97. The Kier molecular flexibility index (Phi) is 5.35. The molecule has 1 rings (SSSR count). The zero-order chi connectivity index (χ0) is 12.8. The summed E-state index contributed by atoms with van der Waals surface area (Å²) in [5.41, 5.74) is 0.730. The molecule has 0 aromatic heterocycles. The van der Waals surface area contributed by atoms with Crippen molar-refractivity contribution in [1.29, 1.82) is 0 Å². The van der Waals surface area contributed by atoms with Crippen LogP contribution in [-0.2, 0) is 9.59 Å². The summed E-state index contributed by atoms with van der Waals surface area (Å²) in [4.78, 5) is 23.1. The predicted molar refractivity (Wildman–Crippen MR) is 71.9 cm³/mol. The van der Waals surface area contributed by atoms with E-state index >= 15 is 0 Å². The summed E-state index contributed by atoms with van der Waals surface area (Å²) in [7, 11) is 0. The summed E-state index contributed by atoms with van der Waals surface area (Å²) in [6.07, 6.45) is 0.777. The summed E-state index contributed by atoms with van der Waals surface area (Å²) in [5.74, 6) is -0.312. The van der Waals surface area contributed by atoms with E-state index in [9.17, 15) is 9.59 Å². The molecule has 0 saturated heterocycles. The summed E-state index contributed by atoms with van der Waals surface area (Å²) in [6.45, 7) is 3.57. The van der Waals surface area contributed by atoms with Gasteiger partial charge < -0.3 is 5.32 Å². The molecule has 0 saturated carbocycles. The second-order valence-corrected chi connectivity index (χ2v) is 4.82. The number of rotatable bonds is 5. The molecule has 0 aliphatic carbocycles. The predicted octanol–water partition coefficient (Wildman–Crippen LogP) is 3.39. The molecule has 0 radical (unpaired) electrons. The highest BCUT2D eigenvalue weighted by molar-refractivity contribution is 9.10. The lowest BCUT2D eigenvalue weighted by Gasteiger charge is -2.12. The third-order valence-electron chi connectivity index (χ3n) is 2.51. The van der Waals surface area contributed by atoms with Gasteiger partial charge in [0.25, 0.3) is 0 Å². The summed E-state index contributed by atoms with van der Waals surface area (Å²) >= 11 is 3.36. The van der Waals surface area contributed by atoms with E-state index in [1.807, 2.05) is 24.3 Å². The number of benzene rings is 1. The van der Waals surface area contributed by atoms with E-state index in [1.165, 1.54) is 0 Å². The Morgan fingerprint density at radius 3 is 2.59 bits per heavy atom. The molecule has 1 aromatic rings.